The Hall–Kier alpha value is -2.10. The molecular formula is C15H17N3O. The summed E-state index contributed by atoms with van der Waals surface area (Å²) in [6.07, 6.45) is 6.57. The van der Waals surface area contributed by atoms with Crippen LogP contribution >= 0.6 is 0 Å². The van der Waals surface area contributed by atoms with E-state index in [1.54, 1.807) is 9.25 Å². The molecule has 0 amide bonds. The smallest absolute Gasteiger partial charge is 0.253 e. The van der Waals surface area contributed by atoms with Gasteiger partial charge in [-0.2, -0.15) is 5.10 Å². The quantitative estimate of drug-likeness (QED) is 0.721. The highest BCUT2D eigenvalue weighted by Crippen LogP contribution is 2.18. The van der Waals surface area contributed by atoms with E-state index in [1.807, 2.05) is 24.4 Å². The number of benzene rings is 1. The Morgan fingerprint density at radius 3 is 3.00 bits per heavy atom. The van der Waals surface area contributed by atoms with Crippen LogP contribution in [0.15, 0.2) is 29.1 Å². The molecule has 4 heteroatoms. The fraction of sp³-hybridized carbons (Fsp3) is 0.333. The minimum absolute atomic E-state index is 0.0347. The maximum atomic E-state index is 12.2. The van der Waals surface area contributed by atoms with Gasteiger partial charge in [0.15, 0.2) is 0 Å². The van der Waals surface area contributed by atoms with E-state index in [4.69, 9.17) is 0 Å². The minimum atomic E-state index is -0.0347. The van der Waals surface area contributed by atoms with Crippen LogP contribution in [0.2, 0.25) is 0 Å². The van der Waals surface area contributed by atoms with E-state index in [0.717, 1.165) is 24.2 Å². The highest BCUT2D eigenvalue weighted by Gasteiger charge is 2.15. The second-order valence-electron chi connectivity index (χ2n) is 4.84. The summed E-state index contributed by atoms with van der Waals surface area (Å²) in [6, 6.07) is 8.18. The van der Waals surface area contributed by atoms with Crippen LogP contribution in [0.3, 0.4) is 0 Å². The SMILES string of the molecule is CCCCn1nc2n(c1=O)C=Cc1ccccc1C2. The van der Waals surface area contributed by atoms with Crippen molar-refractivity contribution in [3.8, 4) is 0 Å². The van der Waals surface area contributed by atoms with E-state index < -0.39 is 0 Å². The third kappa shape index (κ3) is 2.14. The summed E-state index contributed by atoms with van der Waals surface area (Å²) >= 11 is 0. The van der Waals surface area contributed by atoms with E-state index in [2.05, 4.69) is 24.2 Å². The van der Waals surface area contributed by atoms with Crippen molar-refractivity contribution in [2.24, 2.45) is 0 Å². The molecule has 1 aromatic carbocycles. The Morgan fingerprint density at radius 1 is 1.32 bits per heavy atom. The number of hydrogen-bond acceptors (Lipinski definition) is 2. The molecule has 0 fully saturated rings. The van der Waals surface area contributed by atoms with Crippen molar-refractivity contribution < 1.29 is 0 Å². The first-order valence-electron chi connectivity index (χ1n) is 6.74. The fourth-order valence-electron chi connectivity index (χ4n) is 2.37. The molecular weight excluding hydrogens is 238 g/mol. The third-order valence-electron chi connectivity index (χ3n) is 3.47. The molecule has 4 nitrogen and oxygen atoms in total. The summed E-state index contributed by atoms with van der Waals surface area (Å²) in [5, 5.41) is 4.46. The van der Waals surface area contributed by atoms with Crippen molar-refractivity contribution in [2.45, 2.75) is 32.7 Å². The second kappa shape index (κ2) is 4.88. The molecule has 0 unspecified atom stereocenters. The lowest BCUT2D eigenvalue weighted by Gasteiger charge is -2.01. The minimum Gasteiger partial charge on any atom is -0.253 e. The number of rotatable bonds is 3. The van der Waals surface area contributed by atoms with Gasteiger partial charge in [0.05, 0.1) is 0 Å². The predicted molar refractivity (Wildman–Crippen MR) is 75.9 cm³/mol. The van der Waals surface area contributed by atoms with Crippen LogP contribution in [0, 0.1) is 0 Å². The molecule has 98 valence electrons. The molecule has 2 aromatic rings. The lowest BCUT2D eigenvalue weighted by molar-refractivity contribution is 0.549. The molecule has 0 bridgehead atoms. The van der Waals surface area contributed by atoms with E-state index in [-0.39, 0.29) is 5.69 Å². The van der Waals surface area contributed by atoms with Gasteiger partial charge in [-0.05, 0) is 23.6 Å². The molecule has 0 saturated heterocycles. The zero-order valence-electron chi connectivity index (χ0n) is 11.0. The second-order valence-corrected chi connectivity index (χ2v) is 4.84. The molecule has 1 aromatic heterocycles. The Labute approximate surface area is 112 Å². The number of nitrogens with zero attached hydrogens (tertiary/aromatic N) is 3. The zero-order valence-corrected chi connectivity index (χ0v) is 11.0. The number of aryl methyl sites for hydroxylation is 1. The molecule has 0 spiro atoms. The van der Waals surface area contributed by atoms with Crippen LogP contribution in [-0.2, 0) is 13.0 Å². The van der Waals surface area contributed by atoms with Crippen molar-refractivity contribution >= 4 is 12.3 Å². The lowest BCUT2D eigenvalue weighted by Crippen LogP contribution is -2.22. The summed E-state index contributed by atoms with van der Waals surface area (Å²) in [5.74, 6) is 0.822. The van der Waals surface area contributed by atoms with Crippen molar-refractivity contribution in [3.05, 3.63) is 51.7 Å². The van der Waals surface area contributed by atoms with Crippen LogP contribution in [0.25, 0.3) is 12.3 Å². The fourth-order valence-corrected chi connectivity index (χ4v) is 2.37. The van der Waals surface area contributed by atoms with Gasteiger partial charge in [0.1, 0.15) is 5.82 Å². The predicted octanol–water partition coefficient (Wildman–Crippen LogP) is 2.38. The Morgan fingerprint density at radius 2 is 2.16 bits per heavy atom. The Balaban J connectivity index is 2.02. The van der Waals surface area contributed by atoms with Crippen molar-refractivity contribution in [1.82, 2.24) is 14.3 Å². The average Bonchev–Trinajstić information content (AvgIpc) is 2.61. The highest BCUT2D eigenvalue weighted by atomic mass is 16.2. The van der Waals surface area contributed by atoms with Gasteiger partial charge >= 0.3 is 5.69 Å². The Kier molecular flexibility index (Phi) is 3.07. The molecule has 19 heavy (non-hydrogen) atoms. The van der Waals surface area contributed by atoms with E-state index >= 15 is 0 Å². The van der Waals surface area contributed by atoms with Gasteiger partial charge < -0.3 is 0 Å². The van der Waals surface area contributed by atoms with Crippen molar-refractivity contribution in [3.63, 3.8) is 0 Å². The molecule has 0 saturated carbocycles. The third-order valence-corrected chi connectivity index (χ3v) is 3.47. The van der Waals surface area contributed by atoms with Gasteiger partial charge in [0.25, 0.3) is 0 Å². The largest absolute Gasteiger partial charge is 0.350 e. The monoisotopic (exact) mass is 255 g/mol. The summed E-state index contributed by atoms with van der Waals surface area (Å²) in [5.41, 5.74) is 2.34. The number of unbranched alkanes of at least 4 members (excludes halogenated alkanes) is 1. The molecule has 3 rings (SSSR count). The summed E-state index contributed by atoms with van der Waals surface area (Å²) in [4.78, 5) is 12.2. The molecule has 0 atom stereocenters. The highest BCUT2D eigenvalue weighted by molar-refractivity contribution is 5.65. The molecule has 2 heterocycles. The van der Waals surface area contributed by atoms with Crippen LogP contribution in [0.4, 0.5) is 0 Å². The van der Waals surface area contributed by atoms with Gasteiger partial charge in [-0.1, -0.05) is 37.6 Å². The first kappa shape index (κ1) is 12.0. The van der Waals surface area contributed by atoms with Crippen LogP contribution < -0.4 is 5.69 Å². The van der Waals surface area contributed by atoms with Crippen LogP contribution in [-0.4, -0.2) is 14.3 Å². The van der Waals surface area contributed by atoms with Gasteiger partial charge in [-0.15, -0.1) is 0 Å². The van der Waals surface area contributed by atoms with Crippen molar-refractivity contribution in [1.29, 1.82) is 0 Å². The van der Waals surface area contributed by atoms with E-state index in [1.165, 1.54) is 5.56 Å². The maximum Gasteiger partial charge on any atom is 0.350 e. The Bertz CT molecular complexity index is 679. The first-order valence-corrected chi connectivity index (χ1v) is 6.74. The van der Waals surface area contributed by atoms with Crippen molar-refractivity contribution in [2.75, 3.05) is 0 Å². The number of hydrogen-bond donors (Lipinski definition) is 0. The van der Waals surface area contributed by atoms with Gasteiger partial charge in [0, 0.05) is 19.2 Å². The summed E-state index contributed by atoms with van der Waals surface area (Å²) < 4.78 is 3.24. The van der Waals surface area contributed by atoms with Gasteiger partial charge in [-0.25, -0.2) is 9.48 Å². The number of fused-ring (bicyclic) bond motifs is 2. The van der Waals surface area contributed by atoms with E-state index in [9.17, 15) is 4.79 Å². The lowest BCUT2D eigenvalue weighted by atomic mass is 10.1. The molecule has 1 aliphatic rings. The number of aromatic nitrogens is 3. The molecule has 0 radical (unpaired) electrons. The van der Waals surface area contributed by atoms with Gasteiger partial charge in [0.2, 0.25) is 0 Å². The van der Waals surface area contributed by atoms with Gasteiger partial charge in [-0.3, -0.25) is 4.57 Å². The summed E-state index contributed by atoms with van der Waals surface area (Å²) in [7, 11) is 0. The maximum absolute atomic E-state index is 12.2. The van der Waals surface area contributed by atoms with Crippen LogP contribution in [0.1, 0.15) is 36.7 Å². The average molecular weight is 255 g/mol. The molecule has 1 aliphatic heterocycles. The van der Waals surface area contributed by atoms with Crippen LogP contribution in [0.5, 0.6) is 0 Å². The molecule has 0 N–H and O–H groups in total. The zero-order chi connectivity index (χ0) is 13.2. The topological polar surface area (TPSA) is 39.8 Å². The normalized spacial score (nSPS) is 12.9. The summed E-state index contributed by atoms with van der Waals surface area (Å²) in [6.45, 7) is 2.81. The standard InChI is InChI=1S/C15H17N3O/c1-2-3-9-18-15(19)17-10-8-12-6-4-5-7-13(12)11-14(17)16-18/h4-8,10H,2-3,9,11H2,1H3. The molecule has 0 aliphatic carbocycles. The van der Waals surface area contributed by atoms with E-state index in [0.29, 0.717) is 13.0 Å². The first-order chi connectivity index (χ1) is 9.29.